The van der Waals surface area contributed by atoms with Crippen molar-refractivity contribution in [1.82, 2.24) is 5.32 Å². The van der Waals surface area contributed by atoms with Crippen molar-refractivity contribution in [2.45, 2.75) is 25.8 Å². The highest BCUT2D eigenvalue weighted by atomic mass is 32.1. The van der Waals surface area contributed by atoms with Crippen LogP contribution in [0.4, 0.5) is 0 Å². The van der Waals surface area contributed by atoms with E-state index in [2.05, 4.69) is 5.32 Å². The summed E-state index contributed by atoms with van der Waals surface area (Å²) in [5.41, 5.74) is 7.96. The van der Waals surface area contributed by atoms with Gasteiger partial charge in [0.1, 0.15) is 5.75 Å². The minimum absolute atomic E-state index is 0.0137. The number of carbonyl (C=O) groups is 1. The molecule has 0 saturated heterocycles. The second-order valence-corrected chi connectivity index (χ2v) is 7.22. The van der Waals surface area contributed by atoms with Gasteiger partial charge in [0.15, 0.2) is 0 Å². The average molecular weight is 330 g/mol. The molecule has 1 atom stereocenters. The first-order chi connectivity index (χ1) is 11.1. The lowest BCUT2D eigenvalue weighted by Crippen LogP contribution is -2.41. The maximum Gasteiger partial charge on any atom is 0.261 e. The van der Waals surface area contributed by atoms with Gasteiger partial charge in [0.2, 0.25) is 0 Å². The van der Waals surface area contributed by atoms with Crippen molar-refractivity contribution in [3.05, 3.63) is 40.1 Å². The number of methoxy groups -OCH3 is 1. The Hall–Kier alpha value is -1.85. The van der Waals surface area contributed by atoms with Crippen LogP contribution in [0.25, 0.3) is 11.1 Å². The number of nitrogens with two attached hydrogens (primary N) is 1. The Bertz CT molecular complexity index is 690. The number of benzene rings is 1. The monoisotopic (exact) mass is 330 g/mol. The fourth-order valence-corrected chi connectivity index (χ4v) is 3.70. The van der Waals surface area contributed by atoms with Crippen molar-refractivity contribution in [3.63, 3.8) is 0 Å². The predicted octanol–water partition coefficient (Wildman–Crippen LogP) is 3.20. The fraction of sp³-hybridized carbons (Fsp3) is 0.389. The summed E-state index contributed by atoms with van der Waals surface area (Å²) in [6.45, 7) is 2.55. The Morgan fingerprint density at radius 1 is 1.39 bits per heavy atom. The van der Waals surface area contributed by atoms with Crippen LogP contribution in [0, 0.1) is 12.8 Å². The van der Waals surface area contributed by atoms with E-state index in [1.165, 1.54) is 24.2 Å². The molecule has 0 radical (unpaired) electrons. The molecule has 1 amide bonds. The van der Waals surface area contributed by atoms with Gasteiger partial charge in [0, 0.05) is 17.5 Å². The fourth-order valence-electron chi connectivity index (χ4n) is 2.76. The number of aryl methyl sites for hydroxylation is 1. The van der Waals surface area contributed by atoms with Gasteiger partial charge in [-0.1, -0.05) is 12.1 Å². The molecule has 1 aliphatic carbocycles. The molecule has 1 heterocycles. The van der Waals surface area contributed by atoms with E-state index >= 15 is 0 Å². The minimum Gasteiger partial charge on any atom is -0.497 e. The van der Waals surface area contributed by atoms with E-state index in [0.29, 0.717) is 12.5 Å². The molecule has 23 heavy (non-hydrogen) atoms. The van der Waals surface area contributed by atoms with Gasteiger partial charge in [-0.25, -0.2) is 0 Å². The lowest BCUT2D eigenvalue weighted by Gasteiger charge is -2.15. The zero-order valence-corrected chi connectivity index (χ0v) is 14.3. The third-order valence-corrected chi connectivity index (χ3v) is 5.35. The SMILES string of the molecule is COc1ccc(-c2cc(C(=O)NC(CN)C3CC3)sc2C)cc1. The summed E-state index contributed by atoms with van der Waals surface area (Å²) in [6, 6.07) is 9.98. The van der Waals surface area contributed by atoms with E-state index in [0.717, 1.165) is 26.6 Å². The number of amides is 1. The summed E-state index contributed by atoms with van der Waals surface area (Å²) >= 11 is 1.53. The standard InChI is InChI=1S/C18H22N2O2S/c1-11-15(12-5-7-14(22-2)8-6-12)9-17(23-11)18(21)20-16(10-19)13-3-4-13/h5-9,13,16H,3-4,10,19H2,1-2H3,(H,20,21). The van der Waals surface area contributed by atoms with Gasteiger partial charge in [-0.05, 0) is 55.0 Å². The van der Waals surface area contributed by atoms with Gasteiger partial charge < -0.3 is 15.8 Å². The molecule has 1 fully saturated rings. The zero-order valence-electron chi connectivity index (χ0n) is 13.5. The molecule has 1 unspecified atom stereocenters. The highest BCUT2D eigenvalue weighted by Crippen LogP contribution is 2.34. The van der Waals surface area contributed by atoms with Crippen molar-refractivity contribution < 1.29 is 9.53 Å². The largest absolute Gasteiger partial charge is 0.497 e. The van der Waals surface area contributed by atoms with Crippen molar-refractivity contribution in [2.75, 3.05) is 13.7 Å². The molecule has 0 aliphatic heterocycles. The molecule has 1 saturated carbocycles. The van der Waals surface area contributed by atoms with E-state index in [1.54, 1.807) is 7.11 Å². The molecule has 1 aliphatic rings. The molecule has 122 valence electrons. The summed E-state index contributed by atoms with van der Waals surface area (Å²) < 4.78 is 5.19. The third-order valence-electron chi connectivity index (χ3n) is 4.30. The van der Waals surface area contributed by atoms with Crippen molar-refractivity contribution in [1.29, 1.82) is 0 Å². The second kappa shape index (κ2) is 6.72. The highest BCUT2D eigenvalue weighted by molar-refractivity contribution is 7.14. The van der Waals surface area contributed by atoms with E-state index in [1.807, 2.05) is 37.3 Å². The molecular formula is C18H22N2O2S. The highest BCUT2D eigenvalue weighted by Gasteiger charge is 2.31. The molecular weight excluding hydrogens is 308 g/mol. The van der Waals surface area contributed by atoms with Crippen LogP contribution < -0.4 is 15.8 Å². The minimum atomic E-state index is -0.0137. The zero-order chi connectivity index (χ0) is 16.4. The average Bonchev–Trinajstić information content (AvgIpc) is 3.34. The Morgan fingerprint density at radius 2 is 2.09 bits per heavy atom. The molecule has 2 aromatic rings. The molecule has 0 bridgehead atoms. The maximum absolute atomic E-state index is 12.5. The maximum atomic E-state index is 12.5. The van der Waals surface area contributed by atoms with E-state index in [4.69, 9.17) is 10.5 Å². The molecule has 5 heteroatoms. The van der Waals surface area contributed by atoms with Gasteiger partial charge in [0.25, 0.3) is 5.91 Å². The normalized spacial score (nSPS) is 15.3. The van der Waals surface area contributed by atoms with E-state index < -0.39 is 0 Å². The molecule has 3 N–H and O–H groups in total. The number of thiophene rings is 1. The Kier molecular flexibility index (Phi) is 4.68. The van der Waals surface area contributed by atoms with Crippen molar-refractivity contribution >= 4 is 17.2 Å². The van der Waals surface area contributed by atoms with Gasteiger partial charge in [-0.3, -0.25) is 4.79 Å². The lowest BCUT2D eigenvalue weighted by molar-refractivity contribution is 0.0937. The van der Waals surface area contributed by atoms with Gasteiger partial charge in [-0.15, -0.1) is 11.3 Å². The van der Waals surface area contributed by atoms with Crippen LogP contribution in [-0.2, 0) is 0 Å². The first-order valence-electron chi connectivity index (χ1n) is 7.88. The van der Waals surface area contributed by atoms with Crippen LogP contribution in [0.2, 0.25) is 0 Å². The first kappa shape index (κ1) is 16.0. The summed E-state index contributed by atoms with van der Waals surface area (Å²) in [7, 11) is 1.65. The Morgan fingerprint density at radius 3 is 2.65 bits per heavy atom. The van der Waals surface area contributed by atoms with Crippen LogP contribution in [-0.4, -0.2) is 25.6 Å². The van der Waals surface area contributed by atoms with Crippen LogP contribution >= 0.6 is 11.3 Å². The summed E-state index contributed by atoms with van der Waals surface area (Å²) in [5, 5.41) is 3.08. The Balaban J connectivity index is 1.77. The van der Waals surface area contributed by atoms with Crippen LogP contribution in [0.5, 0.6) is 5.75 Å². The molecule has 1 aromatic heterocycles. The van der Waals surface area contributed by atoms with Gasteiger partial charge >= 0.3 is 0 Å². The molecule has 1 aromatic carbocycles. The van der Waals surface area contributed by atoms with E-state index in [9.17, 15) is 4.79 Å². The predicted molar refractivity (Wildman–Crippen MR) is 94.1 cm³/mol. The van der Waals surface area contributed by atoms with Crippen LogP contribution in [0.1, 0.15) is 27.4 Å². The number of hydrogen-bond acceptors (Lipinski definition) is 4. The summed E-state index contributed by atoms with van der Waals surface area (Å²) in [4.78, 5) is 14.3. The number of nitrogens with one attached hydrogen (secondary N) is 1. The van der Waals surface area contributed by atoms with E-state index in [-0.39, 0.29) is 11.9 Å². The third kappa shape index (κ3) is 3.57. The van der Waals surface area contributed by atoms with Crippen molar-refractivity contribution in [2.24, 2.45) is 11.7 Å². The summed E-state index contributed by atoms with van der Waals surface area (Å²) in [5.74, 6) is 1.38. The second-order valence-electron chi connectivity index (χ2n) is 5.96. The van der Waals surface area contributed by atoms with Crippen LogP contribution in [0.15, 0.2) is 30.3 Å². The number of rotatable bonds is 6. The molecule has 0 spiro atoms. The smallest absolute Gasteiger partial charge is 0.261 e. The lowest BCUT2D eigenvalue weighted by atomic mass is 10.1. The molecule has 3 rings (SSSR count). The van der Waals surface area contributed by atoms with Gasteiger partial charge in [-0.2, -0.15) is 0 Å². The number of ether oxygens (including phenoxy) is 1. The van der Waals surface area contributed by atoms with Crippen LogP contribution in [0.3, 0.4) is 0 Å². The van der Waals surface area contributed by atoms with Crippen molar-refractivity contribution in [3.8, 4) is 16.9 Å². The Labute approximate surface area is 140 Å². The summed E-state index contributed by atoms with van der Waals surface area (Å²) in [6.07, 6.45) is 2.34. The quantitative estimate of drug-likeness (QED) is 0.855. The van der Waals surface area contributed by atoms with Gasteiger partial charge in [0.05, 0.1) is 12.0 Å². The number of hydrogen-bond donors (Lipinski definition) is 2. The number of carbonyl (C=O) groups excluding carboxylic acids is 1. The molecule has 4 nitrogen and oxygen atoms in total. The topological polar surface area (TPSA) is 64.3 Å². The first-order valence-corrected chi connectivity index (χ1v) is 8.69.